The van der Waals surface area contributed by atoms with E-state index in [1.165, 1.54) is 10.9 Å². The molecule has 1 heterocycles. The monoisotopic (exact) mass is 313 g/mol. The summed E-state index contributed by atoms with van der Waals surface area (Å²) in [5.41, 5.74) is 6.60. The quantitative estimate of drug-likeness (QED) is 0.895. The number of halogens is 2. The van der Waals surface area contributed by atoms with Crippen molar-refractivity contribution in [2.75, 3.05) is 0 Å². The lowest BCUT2D eigenvalue weighted by molar-refractivity contribution is 0.564. The van der Waals surface area contributed by atoms with Gasteiger partial charge in [-0.05, 0) is 42.5 Å². The molecule has 0 bridgehead atoms. The first-order valence-corrected chi connectivity index (χ1v) is 7.07. The van der Waals surface area contributed by atoms with E-state index in [4.69, 9.17) is 5.73 Å². The molecule has 0 saturated heterocycles. The van der Waals surface area contributed by atoms with Crippen molar-refractivity contribution in [3.05, 3.63) is 56.4 Å². The highest BCUT2D eigenvalue weighted by Gasteiger charge is 2.12. The zero-order valence-corrected chi connectivity index (χ0v) is 11.6. The van der Waals surface area contributed by atoms with Crippen LogP contribution in [0.5, 0.6) is 0 Å². The summed E-state index contributed by atoms with van der Waals surface area (Å²) in [7, 11) is 0. The van der Waals surface area contributed by atoms with Crippen molar-refractivity contribution in [3.63, 3.8) is 0 Å². The minimum atomic E-state index is -0.255. The van der Waals surface area contributed by atoms with E-state index in [0.717, 1.165) is 17.3 Å². The maximum Gasteiger partial charge on any atom is 0.128 e. The number of hydrogen-bond donors (Lipinski definition) is 1. The minimum absolute atomic E-state index is 0.230. The molecule has 1 atom stereocenters. The molecular weight excluding hydrogens is 301 g/mol. The van der Waals surface area contributed by atoms with E-state index in [2.05, 4.69) is 22.0 Å². The third kappa shape index (κ3) is 3.37. The van der Waals surface area contributed by atoms with Crippen LogP contribution in [0.3, 0.4) is 0 Å². The summed E-state index contributed by atoms with van der Waals surface area (Å²) in [6.45, 7) is 0. The fourth-order valence-electron chi connectivity index (χ4n) is 1.71. The second kappa shape index (κ2) is 5.76. The number of rotatable bonds is 4. The highest BCUT2D eigenvalue weighted by atomic mass is 79.9. The van der Waals surface area contributed by atoms with Gasteiger partial charge in [0, 0.05) is 21.0 Å². The fraction of sp³-hybridized carbons (Fsp3) is 0.231. The molecule has 0 spiro atoms. The first-order chi connectivity index (χ1) is 8.16. The summed E-state index contributed by atoms with van der Waals surface area (Å²) < 4.78 is 14.4. The molecule has 4 heteroatoms. The summed E-state index contributed by atoms with van der Waals surface area (Å²) in [6.07, 6.45) is 1.65. The van der Waals surface area contributed by atoms with Gasteiger partial charge in [0.05, 0.1) is 0 Å². The smallest absolute Gasteiger partial charge is 0.128 e. The predicted molar refractivity (Wildman–Crippen MR) is 73.7 cm³/mol. The van der Waals surface area contributed by atoms with Crippen LogP contribution in [0, 0.1) is 5.82 Å². The topological polar surface area (TPSA) is 26.0 Å². The summed E-state index contributed by atoms with van der Waals surface area (Å²) >= 11 is 5.04. The van der Waals surface area contributed by atoms with Gasteiger partial charge in [0.2, 0.25) is 0 Å². The Balaban J connectivity index is 2.04. The Bertz CT molecular complexity index is 484. The summed E-state index contributed by atoms with van der Waals surface area (Å²) in [5, 5.41) is 2.04. The molecule has 0 amide bonds. The van der Waals surface area contributed by atoms with E-state index in [-0.39, 0.29) is 11.9 Å². The van der Waals surface area contributed by atoms with Crippen molar-refractivity contribution in [2.24, 2.45) is 5.73 Å². The van der Waals surface area contributed by atoms with Crippen LogP contribution in [0.25, 0.3) is 0 Å². The number of benzene rings is 1. The molecule has 0 aliphatic heterocycles. The molecule has 0 aliphatic carbocycles. The van der Waals surface area contributed by atoms with E-state index in [0.29, 0.717) is 5.56 Å². The standard InChI is InChI=1S/C13H13BrFNS/c14-9-3-5-12(15)11(8-9)13(16)6-4-10-2-1-7-17-10/h1-3,5,7-8,13H,4,6,16H2. The van der Waals surface area contributed by atoms with Crippen molar-refractivity contribution >= 4 is 27.3 Å². The van der Waals surface area contributed by atoms with Crippen molar-refractivity contribution in [2.45, 2.75) is 18.9 Å². The van der Waals surface area contributed by atoms with Crippen LogP contribution in [0.15, 0.2) is 40.2 Å². The molecule has 90 valence electrons. The second-order valence-electron chi connectivity index (χ2n) is 3.89. The maximum atomic E-state index is 13.6. The Kier molecular flexibility index (Phi) is 4.31. The molecule has 17 heavy (non-hydrogen) atoms. The van der Waals surface area contributed by atoms with Gasteiger partial charge in [-0.25, -0.2) is 4.39 Å². The Morgan fingerprint density at radius 1 is 1.35 bits per heavy atom. The highest BCUT2D eigenvalue weighted by molar-refractivity contribution is 9.10. The number of hydrogen-bond acceptors (Lipinski definition) is 2. The van der Waals surface area contributed by atoms with E-state index in [1.54, 1.807) is 23.5 Å². The molecule has 1 aromatic heterocycles. The molecule has 1 nitrogen and oxygen atoms in total. The van der Waals surface area contributed by atoms with Crippen molar-refractivity contribution in [1.29, 1.82) is 0 Å². The second-order valence-corrected chi connectivity index (χ2v) is 5.84. The largest absolute Gasteiger partial charge is 0.324 e. The predicted octanol–water partition coefficient (Wildman–Crippen LogP) is 4.28. The molecular formula is C13H13BrFNS. The number of aryl methyl sites for hydroxylation is 1. The normalized spacial score (nSPS) is 12.6. The molecule has 2 aromatic rings. The van der Waals surface area contributed by atoms with E-state index >= 15 is 0 Å². The summed E-state index contributed by atoms with van der Waals surface area (Å²) in [4.78, 5) is 1.29. The van der Waals surface area contributed by atoms with Crippen LogP contribution < -0.4 is 5.73 Å². The van der Waals surface area contributed by atoms with Gasteiger partial charge in [0.15, 0.2) is 0 Å². The van der Waals surface area contributed by atoms with Gasteiger partial charge in [-0.3, -0.25) is 0 Å². The Labute approximate surface area is 113 Å². The molecule has 0 aliphatic rings. The van der Waals surface area contributed by atoms with Crippen molar-refractivity contribution < 1.29 is 4.39 Å². The van der Waals surface area contributed by atoms with E-state index in [1.807, 2.05) is 11.4 Å². The van der Waals surface area contributed by atoms with Crippen LogP contribution in [0.2, 0.25) is 0 Å². The molecule has 0 fully saturated rings. The van der Waals surface area contributed by atoms with Gasteiger partial charge in [0.25, 0.3) is 0 Å². The van der Waals surface area contributed by atoms with Gasteiger partial charge in [0.1, 0.15) is 5.82 Å². The van der Waals surface area contributed by atoms with Crippen LogP contribution >= 0.6 is 27.3 Å². The zero-order chi connectivity index (χ0) is 12.3. The third-order valence-electron chi connectivity index (χ3n) is 2.64. The third-order valence-corrected chi connectivity index (χ3v) is 4.07. The Morgan fingerprint density at radius 3 is 2.88 bits per heavy atom. The first kappa shape index (κ1) is 12.7. The SMILES string of the molecule is NC(CCc1cccs1)c1cc(Br)ccc1F. The fourth-order valence-corrected chi connectivity index (χ4v) is 2.81. The number of thiophene rings is 1. The van der Waals surface area contributed by atoms with Crippen LogP contribution in [0.1, 0.15) is 22.9 Å². The van der Waals surface area contributed by atoms with Gasteiger partial charge < -0.3 is 5.73 Å². The first-order valence-electron chi connectivity index (χ1n) is 5.39. The lowest BCUT2D eigenvalue weighted by Gasteiger charge is -2.12. The molecule has 2 N–H and O–H groups in total. The molecule has 2 rings (SSSR count). The lowest BCUT2D eigenvalue weighted by atomic mass is 10.0. The minimum Gasteiger partial charge on any atom is -0.324 e. The van der Waals surface area contributed by atoms with E-state index < -0.39 is 0 Å². The van der Waals surface area contributed by atoms with Gasteiger partial charge in [-0.2, -0.15) is 0 Å². The van der Waals surface area contributed by atoms with Gasteiger partial charge in [-0.15, -0.1) is 11.3 Å². The zero-order valence-electron chi connectivity index (χ0n) is 9.20. The Morgan fingerprint density at radius 2 is 2.18 bits per heavy atom. The van der Waals surface area contributed by atoms with Crippen LogP contribution in [0.4, 0.5) is 4.39 Å². The number of nitrogens with two attached hydrogens (primary N) is 1. The van der Waals surface area contributed by atoms with Crippen molar-refractivity contribution in [1.82, 2.24) is 0 Å². The van der Waals surface area contributed by atoms with Gasteiger partial charge in [-0.1, -0.05) is 22.0 Å². The maximum absolute atomic E-state index is 13.6. The van der Waals surface area contributed by atoms with Gasteiger partial charge >= 0.3 is 0 Å². The van der Waals surface area contributed by atoms with E-state index in [9.17, 15) is 4.39 Å². The summed E-state index contributed by atoms with van der Waals surface area (Å²) in [6, 6.07) is 8.73. The lowest BCUT2D eigenvalue weighted by Crippen LogP contribution is -2.13. The summed E-state index contributed by atoms with van der Waals surface area (Å²) in [5.74, 6) is -0.230. The Hall–Kier alpha value is -0.710. The molecule has 0 saturated carbocycles. The molecule has 0 radical (unpaired) electrons. The van der Waals surface area contributed by atoms with Crippen LogP contribution in [-0.2, 0) is 6.42 Å². The molecule has 1 aromatic carbocycles. The average Bonchev–Trinajstić information content (AvgIpc) is 2.82. The van der Waals surface area contributed by atoms with Crippen LogP contribution in [-0.4, -0.2) is 0 Å². The molecule has 1 unspecified atom stereocenters. The average molecular weight is 314 g/mol. The highest BCUT2D eigenvalue weighted by Crippen LogP contribution is 2.24. The van der Waals surface area contributed by atoms with Crippen molar-refractivity contribution in [3.8, 4) is 0 Å².